The molecule has 0 bridgehead atoms. The van der Waals surface area contributed by atoms with Crippen LogP contribution in [0.2, 0.25) is 0 Å². The summed E-state index contributed by atoms with van der Waals surface area (Å²) in [5.41, 5.74) is 1.08. The molecule has 0 unspecified atom stereocenters. The van der Waals surface area contributed by atoms with Gasteiger partial charge in [-0.15, -0.1) is 0 Å². The van der Waals surface area contributed by atoms with E-state index in [1.165, 1.54) is 10.8 Å². The Kier molecular flexibility index (Phi) is 9.60. The van der Waals surface area contributed by atoms with E-state index < -0.39 is 47.2 Å². The van der Waals surface area contributed by atoms with Gasteiger partial charge in [0.2, 0.25) is 0 Å². The molecule has 1 aliphatic rings. The topological polar surface area (TPSA) is 149 Å². The molecule has 3 atom stereocenters. The van der Waals surface area contributed by atoms with Gasteiger partial charge in [-0.3, -0.25) is 29.3 Å². The number of esters is 1. The number of aromatic amines is 1. The van der Waals surface area contributed by atoms with Crippen LogP contribution in [-0.2, 0) is 24.6 Å². The van der Waals surface area contributed by atoms with E-state index >= 15 is 0 Å². The molecule has 0 amide bonds. The van der Waals surface area contributed by atoms with Gasteiger partial charge in [0, 0.05) is 24.7 Å². The first-order valence-corrected chi connectivity index (χ1v) is 14.6. The van der Waals surface area contributed by atoms with Crippen molar-refractivity contribution in [2.24, 2.45) is 0 Å². The lowest BCUT2D eigenvalue weighted by molar-refractivity contribution is -0.154. The summed E-state index contributed by atoms with van der Waals surface area (Å²) < 4.78 is 18.8. The van der Waals surface area contributed by atoms with Crippen LogP contribution >= 0.6 is 0 Å². The van der Waals surface area contributed by atoms with Crippen LogP contribution in [0.4, 0.5) is 0 Å². The maximum Gasteiger partial charge on any atom is 0.330 e. The Labute approximate surface area is 259 Å². The van der Waals surface area contributed by atoms with Gasteiger partial charge in [-0.25, -0.2) is 4.79 Å². The first-order chi connectivity index (χ1) is 21.7. The highest BCUT2D eigenvalue weighted by atomic mass is 16.6. The van der Waals surface area contributed by atoms with Crippen LogP contribution in [0.25, 0.3) is 0 Å². The van der Waals surface area contributed by atoms with E-state index in [2.05, 4.69) is 10.3 Å². The van der Waals surface area contributed by atoms with Crippen molar-refractivity contribution >= 4 is 11.9 Å². The molecule has 5 rings (SSSR count). The zero-order valence-corrected chi connectivity index (χ0v) is 25.0. The molecule has 45 heavy (non-hydrogen) atoms. The van der Waals surface area contributed by atoms with Crippen LogP contribution in [0.5, 0.6) is 5.75 Å². The largest absolute Gasteiger partial charge is 0.497 e. The maximum atomic E-state index is 12.7. The smallest absolute Gasteiger partial charge is 0.330 e. The number of ether oxygens (including phenoxy) is 3. The standard InChI is InChI=1S/C34H35N3O8/c1-22-21-37(33(42)36-32(22)41)29-19-27(45-31(40)18-17-30(38)39)28(44-29)20-35-34(23-9-5-3-6-10-23,24-11-7-4-8-12-24)25-13-15-26(43-2)16-14-25/h3-16,21,27-29,35H,17-20H2,1-2H3,(H,38,39)(H,36,41,42)/t27-,28+,29+/m0/s1. The zero-order chi connectivity index (χ0) is 32.0. The summed E-state index contributed by atoms with van der Waals surface area (Å²) in [4.78, 5) is 50.8. The average molecular weight is 614 g/mol. The summed E-state index contributed by atoms with van der Waals surface area (Å²) in [6, 6.07) is 27.5. The average Bonchev–Trinajstić information content (AvgIpc) is 3.45. The lowest BCUT2D eigenvalue weighted by atomic mass is 9.77. The van der Waals surface area contributed by atoms with Crippen molar-refractivity contribution in [2.45, 2.75) is 50.2 Å². The summed E-state index contributed by atoms with van der Waals surface area (Å²) in [7, 11) is 1.61. The molecule has 0 spiro atoms. The molecule has 1 aliphatic heterocycles. The monoisotopic (exact) mass is 613 g/mol. The molecule has 1 saturated heterocycles. The van der Waals surface area contributed by atoms with Crippen molar-refractivity contribution < 1.29 is 28.9 Å². The molecule has 11 heteroatoms. The molecule has 3 N–H and O–H groups in total. The van der Waals surface area contributed by atoms with Gasteiger partial charge >= 0.3 is 17.6 Å². The van der Waals surface area contributed by atoms with Crippen LogP contribution in [0.15, 0.2) is 101 Å². The van der Waals surface area contributed by atoms with Gasteiger partial charge in [-0.1, -0.05) is 72.8 Å². The Morgan fingerprint density at radius 3 is 2.13 bits per heavy atom. The predicted octanol–water partition coefficient (Wildman–Crippen LogP) is 3.50. The highest BCUT2D eigenvalue weighted by molar-refractivity contribution is 5.76. The summed E-state index contributed by atoms with van der Waals surface area (Å²) >= 11 is 0. The van der Waals surface area contributed by atoms with Crippen molar-refractivity contribution in [3.8, 4) is 5.75 Å². The number of carbonyl (C=O) groups excluding carboxylic acids is 1. The SMILES string of the molecule is COc1ccc(C(NC[C@H]2O[C@@H](n3cc(C)c(=O)[nH]c3=O)C[C@@H]2OC(=O)CCC(=O)O)(c2ccccc2)c2ccccc2)cc1. The van der Waals surface area contributed by atoms with Crippen molar-refractivity contribution in [3.05, 3.63) is 134 Å². The lowest BCUT2D eigenvalue weighted by Crippen LogP contribution is -2.49. The number of carboxylic acids is 1. The van der Waals surface area contributed by atoms with Gasteiger partial charge in [-0.2, -0.15) is 0 Å². The second-order valence-corrected chi connectivity index (χ2v) is 10.9. The number of aliphatic carboxylic acids is 1. The summed E-state index contributed by atoms with van der Waals surface area (Å²) in [5.74, 6) is -1.10. The number of carbonyl (C=O) groups is 2. The number of aromatic nitrogens is 2. The first-order valence-electron chi connectivity index (χ1n) is 14.6. The number of benzene rings is 3. The fourth-order valence-electron chi connectivity index (χ4n) is 5.69. The minimum Gasteiger partial charge on any atom is -0.497 e. The van der Waals surface area contributed by atoms with Crippen LogP contribution in [-0.4, -0.2) is 52.5 Å². The van der Waals surface area contributed by atoms with Gasteiger partial charge in [0.25, 0.3) is 5.56 Å². The highest BCUT2D eigenvalue weighted by Crippen LogP contribution is 2.39. The molecule has 0 radical (unpaired) electrons. The Morgan fingerprint density at radius 2 is 1.56 bits per heavy atom. The summed E-state index contributed by atoms with van der Waals surface area (Å²) in [5, 5.41) is 12.8. The minimum atomic E-state index is -1.11. The van der Waals surface area contributed by atoms with Crippen LogP contribution in [0.3, 0.4) is 0 Å². The Bertz CT molecular complexity index is 1700. The van der Waals surface area contributed by atoms with E-state index in [4.69, 9.17) is 19.3 Å². The second-order valence-electron chi connectivity index (χ2n) is 10.9. The number of carboxylic acid groups (broad SMARTS) is 1. The van der Waals surface area contributed by atoms with Crippen LogP contribution in [0.1, 0.15) is 47.7 Å². The van der Waals surface area contributed by atoms with Gasteiger partial charge < -0.3 is 19.3 Å². The fraction of sp³-hybridized carbons (Fsp3) is 0.294. The molecule has 3 aromatic carbocycles. The summed E-state index contributed by atoms with van der Waals surface area (Å²) in [6.45, 7) is 1.75. The van der Waals surface area contributed by atoms with Crippen molar-refractivity contribution in [2.75, 3.05) is 13.7 Å². The lowest BCUT2D eigenvalue weighted by Gasteiger charge is -2.38. The quantitative estimate of drug-likeness (QED) is 0.161. The Balaban J connectivity index is 1.54. The predicted molar refractivity (Wildman–Crippen MR) is 165 cm³/mol. The van der Waals surface area contributed by atoms with E-state index in [0.29, 0.717) is 11.3 Å². The molecule has 234 valence electrons. The molecule has 2 heterocycles. The van der Waals surface area contributed by atoms with Gasteiger partial charge in [-0.05, 0) is 35.7 Å². The van der Waals surface area contributed by atoms with Crippen molar-refractivity contribution in [1.29, 1.82) is 0 Å². The second kappa shape index (κ2) is 13.7. The van der Waals surface area contributed by atoms with E-state index in [1.54, 1.807) is 14.0 Å². The van der Waals surface area contributed by atoms with E-state index in [9.17, 15) is 19.2 Å². The third-order valence-electron chi connectivity index (χ3n) is 7.97. The molecule has 0 saturated carbocycles. The maximum absolute atomic E-state index is 12.7. The van der Waals surface area contributed by atoms with Crippen LogP contribution < -0.4 is 21.3 Å². The van der Waals surface area contributed by atoms with E-state index in [1.807, 2.05) is 84.9 Å². The highest BCUT2D eigenvalue weighted by Gasteiger charge is 2.43. The minimum absolute atomic E-state index is 0.114. The molecular formula is C34H35N3O8. The Morgan fingerprint density at radius 1 is 0.956 bits per heavy atom. The number of aryl methyl sites for hydroxylation is 1. The number of hydrogen-bond donors (Lipinski definition) is 3. The number of nitrogens with one attached hydrogen (secondary N) is 2. The van der Waals surface area contributed by atoms with E-state index in [-0.39, 0.29) is 25.8 Å². The molecule has 11 nitrogen and oxygen atoms in total. The Hall–Kier alpha value is -5.00. The van der Waals surface area contributed by atoms with Gasteiger partial charge in [0.15, 0.2) is 0 Å². The van der Waals surface area contributed by atoms with Gasteiger partial charge in [0.1, 0.15) is 24.2 Å². The number of nitrogens with zero attached hydrogens (tertiary/aromatic N) is 1. The zero-order valence-electron chi connectivity index (χ0n) is 25.0. The third kappa shape index (κ3) is 6.89. The van der Waals surface area contributed by atoms with Crippen molar-refractivity contribution in [3.63, 3.8) is 0 Å². The fourth-order valence-corrected chi connectivity index (χ4v) is 5.69. The number of methoxy groups -OCH3 is 1. The molecule has 1 fully saturated rings. The molecule has 4 aromatic rings. The summed E-state index contributed by atoms with van der Waals surface area (Å²) in [6.07, 6.45) is -1.56. The number of H-pyrrole nitrogens is 1. The third-order valence-corrected chi connectivity index (χ3v) is 7.97. The van der Waals surface area contributed by atoms with Gasteiger partial charge in [0.05, 0.1) is 25.5 Å². The molecular weight excluding hydrogens is 578 g/mol. The normalized spacial score (nSPS) is 18.0. The number of rotatable bonds is 12. The first kappa shape index (κ1) is 31.4. The van der Waals surface area contributed by atoms with E-state index in [0.717, 1.165) is 16.7 Å². The number of hydrogen-bond acceptors (Lipinski definition) is 8. The molecule has 0 aliphatic carbocycles. The van der Waals surface area contributed by atoms with Crippen LogP contribution in [0, 0.1) is 6.92 Å². The molecule has 1 aromatic heterocycles. The van der Waals surface area contributed by atoms with Crippen molar-refractivity contribution in [1.82, 2.24) is 14.9 Å².